The van der Waals surface area contributed by atoms with Crippen LogP contribution in [-0.4, -0.2) is 36.5 Å². The van der Waals surface area contributed by atoms with Crippen molar-refractivity contribution in [3.8, 4) is 0 Å². The Hall–Kier alpha value is -1.35. The Morgan fingerprint density at radius 2 is 2.05 bits per heavy atom. The molecule has 5 rings (SSSR count). The van der Waals surface area contributed by atoms with Crippen molar-refractivity contribution < 1.29 is 6.17 Å². The quantitative estimate of drug-likeness (QED) is 0.904. The highest BCUT2D eigenvalue weighted by molar-refractivity contribution is 5.84. The van der Waals surface area contributed by atoms with Crippen LogP contribution in [0.4, 0.5) is 0 Å². The molecule has 2 bridgehead atoms. The smallest absolute Gasteiger partial charge is 0.227 e. The van der Waals surface area contributed by atoms with Crippen LogP contribution < -0.4 is 5.32 Å². The van der Waals surface area contributed by atoms with E-state index in [1.807, 2.05) is 6.07 Å². The maximum atomic E-state index is 12.9. The lowest BCUT2D eigenvalue weighted by molar-refractivity contribution is -0.125. The zero-order chi connectivity index (χ0) is 15.2. The first kappa shape index (κ1) is 12.2. The van der Waals surface area contributed by atoms with E-state index in [-0.39, 0.29) is 11.8 Å². The summed E-state index contributed by atoms with van der Waals surface area (Å²) in [6.45, 7) is 2.87. The maximum Gasteiger partial charge on any atom is 0.227 e. The van der Waals surface area contributed by atoms with E-state index in [0.717, 1.165) is 45.2 Å². The number of hydrogen-bond donors (Lipinski definition) is 1. The highest BCUT2D eigenvalue weighted by atomic mass is 16.2. The largest absolute Gasteiger partial charge is 0.351 e. The first-order valence-corrected chi connectivity index (χ1v) is 8.28. The molecule has 3 fully saturated rings. The van der Waals surface area contributed by atoms with E-state index in [2.05, 4.69) is 28.4 Å². The zero-order valence-corrected chi connectivity index (χ0v) is 12.5. The van der Waals surface area contributed by atoms with Gasteiger partial charge in [-0.2, -0.15) is 0 Å². The van der Waals surface area contributed by atoms with Gasteiger partial charge in [-0.15, -0.1) is 0 Å². The standard InChI is InChI=1S/C18H24N2O/c21-18(19-17-12-20-10-8-14(17)9-11-20)16-7-3-5-13-4-1-2-6-15(13)16/h1-2,4,6,14,16-17H,3,5,7-12H2,(H,19,21)/t16-,17+/m0/s1/i17D. The van der Waals surface area contributed by atoms with Gasteiger partial charge < -0.3 is 10.2 Å². The molecule has 3 nitrogen and oxygen atoms in total. The zero-order valence-electron chi connectivity index (χ0n) is 13.5. The van der Waals surface area contributed by atoms with Crippen molar-refractivity contribution in [1.29, 1.82) is 0 Å². The predicted octanol–water partition coefficient (Wildman–Crippen LogP) is 2.32. The van der Waals surface area contributed by atoms with Gasteiger partial charge in [-0.25, -0.2) is 0 Å². The number of nitrogens with zero attached hydrogens (tertiary/aromatic N) is 1. The monoisotopic (exact) mass is 285 g/mol. The van der Waals surface area contributed by atoms with Crippen LogP contribution in [-0.2, 0) is 11.2 Å². The Morgan fingerprint density at radius 1 is 1.24 bits per heavy atom. The molecular weight excluding hydrogens is 260 g/mol. The van der Waals surface area contributed by atoms with E-state index < -0.39 is 6.02 Å². The average molecular weight is 285 g/mol. The lowest BCUT2D eigenvalue weighted by Gasteiger charge is -2.45. The molecular formula is C18H24N2O. The molecule has 2 atom stereocenters. The third kappa shape index (κ3) is 2.48. The molecule has 4 aliphatic rings. The topological polar surface area (TPSA) is 32.3 Å². The van der Waals surface area contributed by atoms with Crippen LogP contribution in [0.3, 0.4) is 0 Å². The van der Waals surface area contributed by atoms with E-state index in [4.69, 9.17) is 1.37 Å². The fourth-order valence-electron chi connectivity index (χ4n) is 4.22. The third-order valence-corrected chi connectivity index (χ3v) is 5.44. The SMILES string of the molecule is [2H][C@@]1(NC(=O)[C@H]2CCCc3ccccc32)CN2CCC1CC2. The maximum absolute atomic E-state index is 12.9. The van der Waals surface area contributed by atoms with Crippen LogP contribution in [0.25, 0.3) is 0 Å². The Kier molecular flexibility index (Phi) is 3.17. The van der Waals surface area contributed by atoms with E-state index in [1.54, 1.807) is 0 Å². The second kappa shape index (κ2) is 5.45. The molecule has 0 aromatic heterocycles. The molecule has 3 heteroatoms. The third-order valence-electron chi connectivity index (χ3n) is 5.44. The number of benzene rings is 1. The summed E-state index contributed by atoms with van der Waals surface area (Å²) < 4.78 is 8.77. The minimum atomic E-state index is -0.778. The highest BCUT2D eigenvalue weighted by Crippen LogP contribution is 2.33. The molecule has 1 amide bonds. The summed E-state index contributed by atoms with van der Waals surface area (Å²) in [4.78, 5) is 15.2. The minimum Gasteiger partial charge on any atom is -0.351 e. The normalized spacial score (nSPS) is 38.5. The molecule has 1 aliphatic carbocycles. The summed E-state index contributed by atoms with van der Waals surface area (Å²) in [5.41, 5.74) is 2.48. The van der Waals surface area contributed by atoms with Crippen LogP contribution in [0.15, 0.2) is 24.3 Å². The van der Waals surface area contributed by atoms with Gasteiger partial charge in [0.15, 0.2) is 0 Å². The fourth-order valence-corrected chi connectivity index (χ4v) is 4.22. The number of fused-ring (bicyclic) bond motifs is 4. The van der Waals surface area contributed by atoms with Gasteiger partial charge in [-0.1, -0.05) is 24.3 Å². The van der Waals surface area contributed by atoms with Crippen LogP contribution in [0.2, 0.25) is 0 Å². The van der Waals surface area contributed by atoms with E-state index >= 15 is 0 Å². The number of amides is 1. The molecule has 0 spiro atoms. The van der Waals surface area contributed by atoms with Crippen molar-refractivity contribution in [3.05, 3.63) is 35.4 Å². The molecule has 3 saturated heterocycles. The summed E-state index contributed by atoms with van der Waals surface area (Å²) in [5, 5.41) is 3.12. The van der Waals surface area contributed by atoms with Gasteiger partial charge in [0.2, 0.25) is 5.91 Å². The molecule has 0 unspecified atom stereocenters. The van der Waals surface area contributed by atoms with Crippen molar-refractivity contribution >= 4 is 5.91 Å². The fraction of sp³-hybridized carbons (Fsp3) is 0.611. The number of piperidine rings is 3. The first-order chi connectivity index (χ1) is 10.7. The van der Waals surface area contributed by atoms with Crippen molar-refractivity contribution in [2.75, 3.05) is 19.6 Å². The number of nitrogens with one attached hydrogen (secondary N) is 1. The number of aryl methyl sites for hydroxylation is 1. The van der Waals surface area contributed by atoms with Gasteiger partial charge in [-0.3, -0.25) is 4.79 Å². The molecule has 3 aliphatic heterocycles. The molecule has 0 radical (unpaired) electrons. The number of rotatable bonds is 2. The summed E-state index contributed by atoms with van der Waals surface area (Å²) in [7, 11) is 0. The number of hydrogen-bond acceptors (Lipinski definition) is 2. The van der Waals surface area contributed by atoms with Crippen molar-refractivity contribution in [3.63, 3.8) is 0 Å². The molecule has 3 heterocycles. The van der Waals surface area contributed by atoms with Crippen molar-refractivity contribution in [2.45, 2.75) is 44.0 Å². The van der Waals surface area contributed by atoms with Gasteiger partial charge in [0.05, 0.1) is 7.29 Å². The Bertz CT molecular complexity index is 582. The Balaban J connectivity index is 1.54. The van der Waals surface area contributed by atoms with Crippen LogP contribution in [0.1, 0.15) is 44.1 Å². The average Bonchev–Trinajstić information content (AvgIpc) is 2.54. The second-order valence-corrected chi connectivity index (χ2v) is 6.71. The molecule has 112 valence electrons. The lowest BCUT2D eigenvalue weighted by atomic mass is 9.80. The van der Waals surface area contributed by atoms with Crippen molar-refractivity contribution in [1.82, 2.24) is 10.2 Å². The van der Waals surface area contributed by atoms with Gasteiger partial charge in [0.1, 0.15) is 0 Å². The highest BCUT2D eigenvalue weighted by Gasteiger charge is 2.36. The van der Waals surface area contributed by atoms with E-state index in [0.29, 0.717) is 12.5 Å². The molecule has 21 heavy (non-hydrogen) atoms. The van der Waals surface area contributed by atoms with E-state index in [9.17, 15) is 4.79 Å². The molecule has 0 saturated carbocycles. The predicted molar refractivity (Wildman–Crippen MR) is 83.2 cm³/mol. The summed E-state index contributed by atoms with van der Waals surface area (Å²) in [6.07, 6.45) is 5.14. The van der Waals surface area contributed by atoms with Crippen LogP contribution in [0.5, 0.6) is 0 Å². The number of carbonyl (C=O) groups excluding carboxylic acids is 1. The van der Waals surface area contributed by atoms with Crippen molar-refractivity contribution in [2.24, 2.45) is 5.92 Å². The summed E-state index contributed by atoms with van der Waals surface area (Å²) >= 11 is 0. The molecule has 1 aromatic carbocycles. The van der Waals surface area contributed by atoms with Gasteiger partial charge >= 0.3 is 0 Å². The van der Waals surface area contributed by atoms with E-state index in [1.165, 1.54) is 11.1 Å². The minimum absolute atomic E-state index is 0.0656. The number of carbonyl (C=O) groups is 1. The molecule has 1 N–H and O–H groups in total. The lowest BCUT2D eigenvalue weighted by Crippen LogP contribution is -2.57. The van der Waals surface area contributed by atoms with Crippen LogP contribution in [0, 0.1) is 5.92 Å². The Morgan fingerprint density at radius 3 is 2.81 bits per heavy atom. The first-order valence-electron chi connectivity index (χ1n) is 8.78. The van der Waals surface area contributed by atoms with Crippen LogP contribution >= 0.6 is 0 Å². The van der Waals surface area contributed by atoms with Gasteiger partial charge in [0, 0.05) is 12.6 Å². The summed E-state index contributed by atoms with van der Waals surface area (Å²) in [5.74, 6) is 0.318. The molecule has 1 aromatic rings. The second-order valence-electron chi connectivity index (χ2n) is 6.71. The van der Waals surface area contributed by atoms with Gasteiger partial charge in [-0.05, 0) is 62.2 Å². The Labute approximate surface area is 128 Å². The summed E-state index contributed by atoms with van der Waals surface area (Å²) in [6, 6.07) is 7.53. The van der Waals surface area contributed by atoms with Gasteiger partial charge in [0.25, 0.3) is 0 Å².